The molecular formula is C35H68O4. The standard InChI is InChI=1S/C35H68O4/c1-3-5-7-9-11-13-15-17-18-19-20-21-23-25-27-29-31-33(35(37)38)39-34(36)32-30-28-26-24-22-16-14-12-10-8-6-4-2/h33H,3-32H2,1-2H3,(H,37,38). The van der Waals surface area contributed by atoms with Gasteiger partial charge in [-0.2, -0.15) is 0 Å². The molecule has 0 saturated carbocycles. The van der Waals surface area contributed by atoms with E-state index in [1.165, 1.54) is 141 Å². The summed E-state index contributed by atoms with van der Waals surface area (Å²) in [7, 11) is 0. The van der Waals surface area contributed by atoms with Crippen molar-refractivity contribution in [1.82, 2.24) is 0 Å². The number of hydrogen-bond donors (Lipinski definition) is 1. The van der Waals surface area contributed by atoms with Crippen molar-refractivity contribution >= 4 is 11.9 Å². The lowest BCUT2D eigenvalue weighted by atomic mass is 10.0. The molecule has 0 fully saturated rings. The number of carbonyl (C=O) groups excluding carboxylic acids is 1. The van der Waals surface area contributed by atoms with Crippen LogP contribution in [0.3, 0.4) is 0 Å². The average molecular weight is 553 g/mol. The topological polar surface area (TPSA) is 63.6 Å². The second-order valence-electron chi connectivity index (χ2n) is 12.0. The molecule has 0 aliphatic carbocycles. The van der Waals surface area contributed by atoms with Gasteiger partial charge in [0.15, 0.2) is 6.10 Å². The summed E-state index contributed by atoms with van der Waals surface area (Å²) >= 11 is 0. The highest BCUT2D eigenvalue weighted by molar-refractivity contribution is 5.77. The van der Waals surface area contributed by atoms with Crippen LogP contribution in [0, 0.1) is 0 Å². The van der Waals surface area contributed by atoms with Gasteiger partial charge in [-0.05, 0) is 19.3 Å². The maximum absolute atomic E-state index is 12.1. The first-order valence-electron chi connectivity index (χ1n) is 17.5. The molecule has 0 aromatic heterocycles. The minimum atomic E-state index is -1.00. The monoisotopic (exact) mass is 553 g/mol. The number of unbranched alkanes of at least 4 members (excludes halogenated alkanes) is 26. The quantitative estimate of drug-likeness (QED) is 0.0665. The van der Waals surface area contributed by atoms with E-state index < -0.39 is 12.1 Å². The molecule has 232 valence electrons. The number of carboxylic acids is 1. The Morgan fingerprint density at radius 2 is 0.744 bits per heavy atom. The maximum atomic E-state index is 12.1. The number of ether oxygens (including phenoxy) is 1. The van der Waals surface area contributed by atoms with Gasteiger partial charge in [0.25, 0.3) is 0 Å². The van der Waals surface area contributed by atoms with Gasteiger partial charge in [-0.25, -0.2) is 4.79 Å². The second-order valence-corrected chi connectivity index (χ2v) is 12.0. The van der Waals surface area contributed by atoms with Crippen molar-refractivity contribution in [3.8, 4) is 0 Å². The van der Waals surface area contributed by atoms with Crippen molar-refractivity contribution < 1.29 is 19.4 Å². The molecule has 0 aliphatic heterocycles. The molecule has 0 radical (unpaired) electrons. The normalized spacial score (nSPS) is 12.1. The Bertz CT molecular complexity index is 519. The van der Waals surface area contributed by atoms with Crippen LogP contribution in [0.1, 0.15) is 206 Å². The van der Waals surface area contributed by atoms with Crippen molar-refractivity contribution in [2.45, 2.75) is 213 Å². The van der Waals surface area contributed by atoms with Crippen LogP contribution in [0.25, 0.3) is 0 Å². The van der Waals surface area contributed by atoms with E-state index >= 15 is 0 Å². The Kier molecular flexibility index (Phi) is 30.6. The van der Waals surface area contributed by atoms with Crippen molar-refractivity contribution in [3.63, 3.8) is 0 Å². The lowest BCUT2D eigenvalue weighted by molar-refractivity contribution is -0.164. The van der Waals surface area contributed by atoms with E-state index in [0.29, 0.717) is 12.8 Å². The smallest absolute Gasteiger partial charge is 0.345 e. The number of carboxylic acid groups (broad SMARTS) is 1. The van der Waals surface area contributed by atoms with Crippen LogP contribution in [0.2, 0.25) is 0 Å². The fourth-order valence-corrected chi connectivity index (χ4v) is 5.44. The number of hydrogen-bond acceptors (Lipinski definition) is 3. The van der Waals surface area contributed by atoms with Crippen molar-refractivity contribution in [1.29, 1.82) is 0 Å². The van der Waals surface area contributed by atoms with Crippen LogP contribution in [0.15, 0.2) is 0 Å². The molecule has 0 heterocycles. The molecule has 0 amide bonds. The lowest BCUT2D eigenvalue weighted by Gasteiger charge is -2.13. The molecule has 0 bridgehead atoms. The zero-order valence-electron chi connectivity index (χ0n) is 26.5. The van der Waals surface area contributed by atoms with E-state index in [4.69, 9.17) is 4.74 Å². The van der Waals surface area contributed by atoms with Gasteiger partial charge in [-0.3, -0.25) is 4.79 Å². The highest BCUT2D eigenvalue weighted by Gasteiger charge is 2.21. The summed E-state index contributed by atoms with van der Waals surface area (Å²) in [5.74, 6) is -1.34. The number of esters is 1. The molecule has 1 N–H and O–H groups in total. The Morgan fingerprint density at radius 1 is 0.462 bits per heavy atom. The zero-order valence-corrected chi connectivity index (χ0v) is 26.5. The van der Waals surface area contributed by atoms with E-state index in [0.717, 1.165) is 38.5 Å². The minimum Gasteiger partial charge on any atom is -0.479 e. The molecule has 4 nitrogen and oxygen atoms in total. The minimum absolute atomic E-state index is 0.342. The molecule has 39 heavy (non-hydrogen) atoms. The average Bonchev–Trinajstić information content (AvgIpc) is 2.92. The van der Waals surface area contributed by atoms with Gasteiger partial charge in [0.1, 0.15) is 0 Å². The summed E-state index contributed by atoms with van der Waals surface area (Å²) in [5.41, 5.74) is 0. The summed E-state index contributed by atoms with van der Waals surface area (Å²) in [4.78, 5) is 23.7. The molecule has 1 atom stereocenters. The predicted molar refractivity (Wildman–Crippen MR) is 167 cm³/mol. The SMILES string of the molecule is CCCCCCCCCCCCCCCCCCC(OC(=O)CCCCCCCCCCCCCC)C(=O)O. The fourth-order valence-electron chi connectivity index (χ4n) is 5.44. The summed E-state index contributed by atoms with van der Waals surface area (Å²) in [6.07, 6.45) is 35.6. The van der Waals surface area contributed by atoms with E-state index in [-0.39, 0.29) is 5.97 Å². The summed E-state index contributed by atoms with van der Waals surface area (Å²) in [6.45, 7) is 4.53. The lowest BCUT2D eigenvalue weighted by Crippen LogP contribution is -2.27. The van der Waals surface area contributed by atoms with Gasteiger partial charge >= 0.3 is 11.9 Å². The van der Waals surface area contributed by atoms with Crippen LogP contribution in [-0.2, 0) is 14.3 Å². The molecule has 0 aromatic carbocycles. The van der Waals surface area contributed by atoms with Crippen LogP contribution < -0.4 is 0 Å². The van der Waals surface area contributed by atoms with E-state index in [1.54, 1.807) is 0 Å². The molecular weight excluding hydrogens is 484 g/mol. The molecule has 0 spiro atoms. The first-order valence-corrected chi connectivity index (χ1v) is 17.5. The molecule has 0 aliphatic rings. The van der Waals surface area contributed by atoms with Crippen LogP contribution in [0.5, 0.6) is 0 Å². The third-order valence-electron chi connectivity index (χ3n) is 8.10. The number of carbonyl (C=O) groups is 2. The highest BCUT2D eigenvalue weighted by atomic mass is 16.6. The van der Waals surface area contributed by atoms with Crippen molar-refractivity contribution in [3.05, 3.63) is 0 Å². The Balaban J connectivity index is 3.52. The number of aliphatic carboxylic acids is 1. The summed E-state index contributed by atoms with van der Waals surface area (Å²) in [6, 6.07) is 0. The van der Waals surface area contributed by atoms with E-state index in [2.05, 4.69) is 13.8 Å². The second kappa shape index (κ2) is 31.5. The molecule has 0 saturated heterocycles. The Labute approximate surface area is 243 Å². The number of rotatable bonds is 32. The molecule has 0 aromatic rings. The van der Waals surface area contributed by atoms with Gasteiger partial charge in [0.2, 0.25) is 0 Å². The van der Waals surface area contributed by atoms with Gasteiger partial charge < -0.3 is 9.84 Å². The van der Waals surface area contributed by atoms with Crippen LogP contribution in [-0.4, -0.2) is 23.1 Å². The Hall–Kier alpha value is -1.06. The zero-order chi connectivity index (χ0) is 28.7. The van der Waals surface area contributed by atoms with Crippen LogP contribution >= 0.6 is 0 Å². The van der Waals surface area contributed by atoms with Gasteiger partial charge in [0, 0.05) is 6.42 Å². The molecule has 1 unspecified atom stereocenters. The highest BCUT2D eigenvalue weighted by Crippen LogP contribution is 2.16. The van der Waals surface area contributed by atoms with Crippen molar-refractivity contribution in [2.24, 2.45) is 0 Å². The van der Waals surface area contributed by atoms with Gasteiger partial charge in [-0.1, -0.05) is 181 Å². The fraction of sp³-hybridized carbons (Fsp3) is 0.943. The van der Waals surface area contributed by atoms with Crippen LogP contribution in [0.4, 0.5) is 0 Å². The van der Waals surface area contributed by atoms with E-state index in [9.17, 15) is 14.7 Å². The molecule has 0 rings (SSSR count). The maximum Gasteiger partial charge on any atom is 0.345 e. The molecule has 4 heteroatoms. The summed E-state index contributed by atoms with van der Waals surface area (Å²) in [5, 5.41) is 9.44. The third kappa shape index (κ3) is 29.7. The third-order valence-corrected chi connectivity index (χ3v) is 8.10. The Morgan fingerprint density at radius 3 is 1.05 bits per heavy atom. The van der Waals surface area contributed by atoms with E-state index in [1.807, 2.05) is 0 Å². The van der Waals surface area contributed by atoms with Gasteiger partial charge in [0.05, 0.1) is 0 Å². The first-order chi connectivity index (χ1) is 19.1. The summed E-state index contributed by atoms with van der Waals surface area (Å²) < 4.78 is 5.30. The van der Waals surface area contributed by atoms with Gasteiger partial charge in [-0.15, -0.1) is 0 Å². The van der Waals surface area contributed by atoms with Crippen molar-refractivity contribution in [2.75, 3.05) is 0 Å². The largest absolute Gasteiger partial charge is 0.479 e. The predicted octanol–water partition coefficient (Wildman–Crippen LogP) is 11.7. The first kappa shape index (κ1) is 37.9.